The van der Waals surface area contributed by atoms with Gasteiger partial charge >= 0.3 is 0 Å². The monoisotopic (exact) mass is 417 g/mol. The van der Waals surface area contributed by atoms with Gasteiger partial charge in [0.05, 0.1) is 24.1 Å². The highest BCUT2D eigenvalue weighted by Crippen LogP contribution is 2.45. The number of aryl methyl sites for hydroxylation is 2. The normalized spacial score (nSPS) is 13.6. The number of carbonyl (C=O) groups is 1. The molecule has 0 bridgehead atoms. The molecule has 0 saturated carbocycles. The van der Waals surface area contributed by atoms with Gasteiger partial charge in [0.1, 0.15) is 11.5 Å². The molecule has 0 fully saturated rings. The van der Waals surface area contributed by atoms with Crippen LogP contribution >= 0.6 is 18.5 Å². The van der Waals surface area contributed by atoms with Crippen LogP contribution in [0.2, 0.25) is 0 Å². The molecular formula is C17H27F2N5OP2. The molecule has 3 unspecified atom stereocenters. The molecule has 0 spiro atoms. The van der Waals surface area contributed by atoms with Gasteiger partial charge in [0.15, 0.2) is 0 Å². The van der Waals surface area contributed by atoms with Crippen molar-refractivity contribution in [1.29, 1.82) is 0 Å². The summed E-state index contributed by atoms with van der Waals surface area (Å²) in [6, 6.07) is -0.463. The van der Waals surface area contributed by atoms with E-state index in [0.717, 1.165) is 0 Å². The fraction of sp³-hybridized carbons (Fsp3) is 0.588. The van der Waals surface area contributed by atoms with Gasteiger partial charge in [-0.2, -0.15) is 5.10 Å². The minimum atomic E-state index is -2.90. The third kappa shape index (κ3) is 5.11. The molecule has 1 amide bonds. The fourth-order valence-electron chi connectivity index (χ4n) is 2.71. The highest BCUT2D eigenvalue weighted by Gasteiger charge is 2.42. The van der Waals surface area contributed by atoms with E-state index in [0.29, 0.717) is 35.5 Å². The number of hydrogen-bond donors (Lipinski definition) is 2. The predicted octanol–water partition coefficient (Wildman–Crippen LogP) is 3.18. The average molecular weight is 417 g/mol. The zero-order valence-corrected chi connectivity index (χ0v) is 18.3. The number of halogens is 2. The van der Waals surface area contributed by atoms with Crippen LogP contribution in [0, 0.1) is 12.3 Å². The Labute approximate surface area is 162 Å². The van der Waals surface area contributed by atoms with Gasteiger partial charge in [0.2, 0.25) is 0 Å². The molecule has 150 valence electrons. The first kappa shape index (κ1) is 21.9. The van der Waals surface area contributed by atoms with Crippen LogP contribution in [0.5, 0.6) is 0 Å². The maximum absolute atomic E-state index is 13.8. The highest BCUT2D eigenvalue weighted by molar-refractivity contribution is 7.27. The Morgan fingerprint density at radius 2 is 2.07 bits per heavy atom. The molecule has 10 heteroatoms. The summed E-state index contributed by atoms with van der Waals surface area (Å²) in [5.41, 5.74) is -3.00. The van der Waals surface area contributed by atoms with Crippen molar-refractivity contribution in [3.63, 3.8) is 0 Å². The molecule has 0 aliphatic carbocycles. The number of aromatic amines is 1. The van der Waals surface area contributed by atoms with E-state index in [4.69, 9.17) is 0 Å². The van der Waals surface area contributed by atoms with Crippen LogP contribution in [0.1, 0.15) is 61.7 Å². The van der Waals surface area contributed by atoms with Crippen LogP contribution in [-0.2, 0) is 6.54 Å². The Hall–Kier alpha value is -1.39. The second-order valence-electron chi connectivity index (χ2n) is 7.26. The third-order valence-corrected chi connectivity index (χ3v) is 5.95. The number of imidazole rings is 1. The molecule has 2 aromatic heterocycles. The molecule has 6 nitrogen and oxygen atoms in total. The molecule has 0 radical (unpaired) electrons. The average Bonchev–Trinajstić information content (AvgIpc) is 3.15. The Kier molecular flexibility index (Phi) is 6.75. The summed E-state index contributed by atoms with van der Waals surface area (Å²) >= 11 is 0. The van der Waals surface area contributed by atoms with Gasteiger partial charge in [-0.3, -0.25) is 9.48 Å². The van der Waals surface area contributed by atoms with Gasteiger partial charge < -0.3 is 10.3 Å². The maximum atomic E-state index is 13.8. The lowest BCUT2D eigenvalue weighted by atomic mass is 9.86. The van der Waals surface area contributed by atoms with Crippen molar-refractivity contribution in [3.05, 3.63) is 29.6 Å². The Morgan fingerprint density at radius 1 is 1.41 bits per heavy atom. The van der Waals surface area contributed by atoms with Crippen molar-refractivity contribution < 1.29 is 13.6 Å². The van der Waals surface area contributed by atoms with Crippen molar-refractivity contribution in [1.82, 2.24) is 25.1 Å². The minimum absolute atomic E-state index is 0.216. The first-order chi connectivity index (χ1) is 12.5. The summed E-state index contributed by atoms with van der Waals surface area (Å²) in [7, 11) is 4.11. The summed E-state index contributed by atoms with van der Waals surface area (Å²) in [6.45, 7) is 7.29. The summed E-state index contributed by atoms with van der Waals surface area (Å²) < 4.78 is 29.3. The first-order valence-electron chi connectivity index (χ1n) is 8.76. The smallest absolute Gasteiger partial charge is 0.270 e. The Balaban J connectivity index is 2.23. The molecule has 2 aromatic rings. The summed E-state index contributed by atoms with van der Waals surface area (Å²) in [5.74, 6) is 0.400. The predicted molar refractivity (Wildman–Crippen MR) is 108 cm³/mol. The van der Waals surface area contributed by atoms with E-state index in [2.05, 4.69) is 29.6 Å². The summed E-state index contributed by atoms with van der Waals surface area (Å²) in [5, 5.41) is 7.81. The van der Waals surface area contributed by atoms with Crippen LogP contribution in [0.25, 0.3) is 0 Å². The lowest BCUT2D eigenvalue weighted by Crippen LogP contribution is -2.35. The second-order valence-corrected chi connectivity index (χ2v) is 8.61. The molecule has 3 atom stereocenters. The number of aromatic nitrogens is 4. The summed E-state index contributed by atoms with van der Waals surface area (Å²) in [4.78, 5) is 20.1. The minimum Gasteiger partial charge on any atom is -0.344 e. The van der Waals surface area contributed by atoms with E-state index >= 15 is 0 Å². The topological polar surface area (TPSA) is 75.6 Å². The number of amides is 1. The zero-order chi connectivity index (χ0) is 20.4. The van der Waals surface area contributed by atoms with Gasteiger partial charge in [0, 0.05) is 17.3 Å². The van der Waals surface area contributed by atoms with Gasteiger partial charge in [0.25, 0.3) is 11.6 Å². The van der Waals surface area contributed by atoms with Gasteiger partial charge in [-0.05, 0) is 26.7 Å². The molecule has 0 aromatic carbocycles. The molecule has 2 heterocycles. The van der Waals surface area contributed by atoms with Gasteiger partial charge in [-0.15, -0.1) is 9.24 Å². The second kappa shape index (κ2) is 8.32. The van der Waals surface area contributed by atoms with Crippen LogP contribution in [0.3, 0.4) is 0 Å². The summed E-state index contributed by atoms with van der Waals surface area (Å²) in [6.07, 6.45) is 3.80. The number of nitrogens with zero attached hydrogens (tertiary/aromatic N) is 3. The van der Waals surface area contributed by atoms with E-state index in [1.54, 1.807) is 33.2 Å². The molecule has 2 N–H and O–H groups in total. The van der Waals surface area contributed by atoms with Crippen molar-refractivity contribution >= 4 is 29.7 Å². The lowest BCUT2D eigenvalue weighted by Gasteiger charge is -2.32. The number of H-pyrrole nitrogens is 1. The van der Waals surface area contributed by atoms with Crippen molar-refractivity contribution in [2.75, 3.05) is 0 Å². The third-order valence-electron chi connectivity index (χ3n) is 4.75. The molecule has 27 heavy (non-hydrogen) atoms. The van der Waals surface area contributed by atoms with E-state index in [9.17, 15) is 13.6 Å². The van der Waals surface area contributed by atoms with Crippen LogP contribution in [0.4, 0.5) is 8.78 Å². The quantitative estimate of drug-likeness (QED) is 0.648. The van der Waals surface area contributed by atoms with E-state index in [1.807, 2.05) is 6.92 Å². The number of nitrogens with one attached hydrogen (secondary N) is 2. The van der Waals surface area contributed by atoms with Crippen molar-refractivity contribution in [3.8, 4) is 0 Å². The lowest BCUT2D eigenvalue weighted by molar-refractivity contribution is -0.0258. The number of carbonyl (C=O) groups excluding carboxylic acids is 1. The maximum Gasteiger partial charge on any atom is 0.270 e. The van der Waals surface area contributed by atoms with Crippen molar-refractivity contribution in [2.24, 2.45) is 5.41 Å². The highest BCUT2D eigenvalue weighted by atomic mass is 31.0. The number of rotatable bonds is 8. The number of alkyl halides is 2. The van der Waals surface area contributed by atoms with Crippen LogP contribution < -0.4 is 10.6 Å². The molecule has 0 saturated heterocycles. The van der Waals surface area contributed by atoms with E-state index in [1.165, 1.54) is 13.8 Å². The molecule has 0 aliphatic rings. The Morgan fingerprint density at radius 3 is 2.59 bits per heavy atom. The fourth-order valence-corrected chi connectivity index (χ4v) is 3.20. The van der Waals surface area contributed by atoms with E-state index in [-0.39, 0.29) is 12.3 Å². The first-order valence-corrected chi connectivity index (χ1v) is 9.92. The SMILES string of the molecule is CCn1ncc(P)c1C(=O)NC(CCC(C)(C)C(F)(F)P)c1cnc(C)[nH]1. The molecule has 0 aliphatic heterocycles. The van der Waals surface area contributed by atoms with Gasteiger partial charge in [-0.25, -0.2) is 13.8 Å². The van der Waals surface area contributed by atoms with Crippen molar-refractivity contribution in [2.45, 2.75) is 58.8 Å². The molecule has 2 rings (SSSR count). The van der Waals surface area contributed by atoms with Crippen LogP contribution in [0.15, 0.2) is 12.4 Å². The zero-order valence-electron chi connectivity index (χ0n) is 16.0. The Bertz CT molecular complexity index is 798. The molecular weight excluding hydrogens is 390 g/mol. The number of hydrogen-bond acceptors (Lipinski definition) is 3. The van der Waals surface area contributed by atoms with Gasteiger partial charge in [-0.1, -0.05) is 23.1 Å². The standard InChI is InChI=1S/C17H27F2N5OP2/c1-5-24-14(13(26)9-21-24)15(25)23-11(12-8-20-10(2)22-12)6-7-16(3,4)17(18,19)27/h8-9,11H,5-7,26-27H2,1-4H3,(H,20,22)(H,23,25). The largest absolute Gasteiger partial charge is 0.344 e. The van der Waals surface area contributed by atoms with E-state index < -0.39 is 17.1 Å². The van der Waals surface area contributed by atoms with Crippen LogP contribution in [-0.4, -0.2) is 31.3 Å².